The van der Waals surface area contributed by atoms with Gasteiger partial charge in [-0.25, -0.2) is 4.90 Å². The topological polar surface area (TPSA) is 67.9 Å². The summed E-state index contributed by atoms with van der Waals surface area (Å²) in [6.07, 6.45) is 0. The summed E-state index contributed by atoms with van der Waals surface area (Å²) in [6, 6.07) is 17.8. The van der Waals surface area contributed by atoms with Gasteiger partial charge >= 0.3 is 0 Å². The molecule has 0 aromatic heterocycles. The standard InChI is InChI=1S/C26H23ClN2O4/c1-15-5-8-17(9-6-15)23-24(28-20-13-18(27)10-7-16(20)2)26(31)29(25(23)30)21-12-11-19(32-3)14-22(21)33-4/h5-14,28H,1-4H3. The van der Waals surface area contributed by atoms with Crippen LogP contribution in [0, 0.1) is 13.8 Å². The van der Waals surface area contributed by atoms with Crippen molar-refractivity contribution in [3.8, 4) is 11.5 Å². The number of nitrogens with zero attached hydrogens (tertiary/aromatic N) is 1. The van der Waals surface area contributed by atoms with Crippen LogP contribution in [0.1, 0.15) is 16.7 Å². The Labute approximate surface area is 197 Å². The molecule has 168 valence electrons. The largest absolute Gasteiger partial charge is 0.497 e. The Balaban J connectivity index is 1.86. The number of aryl methyl sites for hydroxylation is 2. The molecule has 0 radical (unpaired) electrons. The van der Waals surface area contributed by atoms with Gasteiger partial charge in [-0.15, -0.1) is 0 Å². The fourth-order valence-corrected chi connectivity index (χ4v) is 3.86. The minimum atomic E-state index is -0.488. The normalized spacial score (nSPS) is 13.5. The van der Waals surface area contributed by atoms with Crippen LogP contribution >= 0.6 is 11.6 Å². The van der Waals surface area contributed by atoms with Gasteiger partial charge in [0, 0.05) is 16.8 Å². The molecule has 1 heterocycles. The molecule has 33 heavy (non-hydrogen) atoms. The van der Waals surface area contributed by atoms with Crippen LogP contribution in [0.15, 0.2) is 66.4 Å². The van der Waals surface area contributed by atoms with Crippen molar-refractivity contribution in [1.29, 1.82) is 0 Å². The Hall–Kier alpha value is -3.77. The predicted octanol–water partition coefficient (Wildman–Crippen LogP) is 5.37. The molecule has 1 N–H and O–H groups in total. The lowest BCUT2D eigenvalue weighted by molar-refractivity contribution is -0.120. The molecule has 3 aromatic carbocycles. The lowest BCUT2D eigenvalue weighted by atomic mass is 10.0. The van der Waals surface area contributed by atoms with Gasteiger partial charge in [-0.2, -0.15) is 0 Å². The van der Waals surface area contributed by atoms with Crippen LogP contribution < -0.4 is 19.7 Å². The lowest BCUT2D eigenvalue weighted by Gasteiger charge is -2.19. The number of benzene rings is 3. The number of rotatable bonds is 6. The second kappa shape index (κ2) is 9.00. The third kappa shape index (κ3) is 4.17. The van der Waals surface area contributed by atoms with E-state index in [1.165, 1.54) is 14.2 Å². The summed E-state index contributed by atoms with van der Waals surface area (Å²) in [6.45, 7) is 3.86. The van der Waals surface area contributed by atoms with Gasteiger partial charge in [0.05, 0.1) is 25.5 Å². The van der Waals surface area contributed by atoms with Crippen LogP contribution in [0.25, 0.3) is 5.57 Å². The molecule has 0 aliphatic carbocycles. The van der Waals surface area contributed by atoms with Crippen molar-refractivity contribution >= 4 is 40.4 Å². The van der Waals surface area contributed by atoms with E-state index >= 15 is 0 Å². The summed E-state index contributed by atoms with van der Waals surface area (Å²) >= 11 is 6.18. The van der Waals surface area contributed by atoms with Gasteiger partial charge in [0.15, 0.2) is 0 Å². The molecule has 7 heteroatoms. The number of amides is 2. The quantitative estimate of drug-likeness (QED) is 0.499. The Morgan fingerprint density at radius 2 is 1.58 bits per heavy atom. The summed E-state index contributed by atoms with van der Waals surface area (Å²) < 4.78 is 10.7. The summed E-state index contributed by atoms with van der Waals surface area (Å²) in [4.78, 5) is 28.4. The highest BCUT2D eigenvalue weighted by Crippen LogP contribution is 2.39. The first-order valence-corrected chi connectivity index (χ1v) is 10.7. The van der Waals surface area contributed by atoms with Crippen LogP contribution in [0.3, 0.4) is 0 Å². The van der Waals surface area contributed by atoms with E-state index in [0.29, 0.717) is 33.5 Å². The smallest absolute Gasteiger partial charge is 0.282 e. The van der Waals surface area contributed by atoms with Crippen molar-refractivity contribution in [2.24, 2.45) is 0 Å². The van der Waals surface area contributed by atoms with E-state index in [0.717, 1.165) is 16.0 Å². The first-order valence-electron chi connectivity index (χ1n) is 10.3. The van der Waals surface area contributed by atoms with E-state index in [1.54, 1.807) is 30.3 Å². The Morgan fingerprint density at radius 1 is 0.848 bits per heavy atom. The molecule has 0 atom stereocenters. The summed E-state index contributed by atoms with van der Waals surface area (Å²) in [5.74, 6) is -0.0401. The fraction of sp³-hybridized carbons (Fsp3) is 0.154. The van der Waals surface area contributed by atoms with Crippen molar-refractivity contribution in [2.45, 2.75) is 13.8 Å². The van der Waals surface area contributed by atoms with E-state index < -0.39 is 11.8 Å². The zero-order valence-electron chi connectivity index (χ0n) is 18.7. The fourth-order valence-electron chi connectivity index (χ4n) is 3.69. The molecule has 0 unspecified atom stereocenters. The van der Waals surface area contributed by atoms with E-state index in [-0.39, 0.29) is 11.3 Å². The van der Waals surface area contributed by atoms with Crippen LogP contribution in [0.2, 0.25) is 5.02 Å². The van der Waals surface area contributed by atoms with E-state index in [4.69, 9.17) is 21.1 Å². The molecule has 0 saturated carbocycles. The van der Waals surface area contributed by atoms with Crippen molar-refractivity contribution in [3.05, 3.63) is 88.1 Å². The number of imide groups is 1. The molecule has 0 saturated heterocycles. The molecule has 4 rings (SSSR count). The van der Waals surface area contributed by atoms with Gasteiger partial charge in [0.25, 0.3) is 11.8 Å². The number of anilines is 2. The molecule has 1 aliphatic heterocycles. The number of methoxy groups -OCH3 is 2. The van der Waals surface area contributed by atoms with Gasteiger partial charge in [-0.05, 0) is 49.2 Å². The van der Waals surface area contributed by atoms with E-state index in [1.807, 2.05) is 44.2 Å². The molecule has 0 fully saturated rings. The number of carbonyl (C=O) groups excluding carboxylic acids is 2. The molecular formula is C26H23ClN2O4. The second-order valence-corrected chi connectivity index (χ2v) is 8.12. The summed E-state index contributed by atoms with van der Waals surface area (Å²) in [7, 11) is 3.01. The van der Waals surface area contributed by atoms with Crippen molar-refractivity contribution in [1.82, 2.24) is 0 Å². The molecule has 2 amide bonds. The van der Waals surface area contributed by atoms with Crippen molar-refractivity contribution < 1.29 is 19.1 Å². The average molecular weight is 463 g/mol. The number of carbonyl (C=O) groups is 2. The minimum Gasteiger partial charge on any atom is -0.497 e. The van der Waals surface area contributed by atoms with E-state index in [9.17, 15) is 9.59 Å². The van der Waals surface area contributed by atoms with Gasteiger partial charge < -0.3 is 14.8 Å². The molecule has 0 spiro atoms. The Kier molecular flexibility index (Phi) is 6.11. The molecule has 1 aliphatic rings. The maximum Gasteiger partial charge on any atom is 0.282 e. The number of hydrogen-bond donors (Lipinski definition) is 1. The first kappa shape index (κ1) is 22.4. The van der Waals surface area contributed by atoms with Crippen LogP contribution in [0.5, 0.6) is 11.5 Å². The van der Waals surface area contributed by atoms with Gasteiger partial charge in [-0.1, -0.05) is 47.5 Å². The maximum atomic E-state index is 13.7. The molecule has 0 bridgehead atoms. The Morgan fingerprint density at radius 3 is 2.24 bits per heavy atom. The Bertz CT molecular complexity index is 1280. The zero-order valence-corrected chi connectivity index (χ0v) is 19.5. The first-order chi connectivity index (χ1) is 15.8. The predicted molar refractivity (Wildman–Crippen MR) is 130 cm³/mol. The van der Waals surface area contributed by atoms with E-state index in [2.05, 4.69) is 5.32 Å². The molecule has 6 nitrogen and oxygen atoms in total. The second-order valence-electron chi connectivity index (χ2n) is 7.68. The van der Waals surface area contributed by atoms with Crippen LogP contribution in [0.4, 0.5) is 11.4 Å². The third-order valence-corrected chi connectivity index (χ3v) is 5.75. The van der Waals surface area contributed by atoms with Gasteiger partial charge in [-0.3, -0.25) is 9.59 Å². The SMILES string of the molecule is COc1ccc(N2C(=O)C(Nc3cc(Cl)ccc3C)=C(c3ccc(C)cc3)C2=O)c(OC)c1. The highest BCUT2D eigenvalue weighted by Gasteiger charge is 2.41. The highest BCUT2D eigenvalue weighted by molar-refractivity contribution is 6.46. The lowest BCUT2D eigenvalue weighted by Crippen LogP contribution is -2.32. The number of nitrogens with one attached hydrogen (secondary N) is 1. The average Bonchev–Trinajstić information content (AvgIpc) is 3.05. The van der Waals surface area contributed by atoms with Crippen LogP contribution in [-0.4, -0.2) is 26.0 Å². The van der Waals surface area contributed by atoms with Crippen molar-refractivity contribution in [2.75, 3.05) is 24.4 Å². The number of halogens is 1. The molecular weight excluding hydrogens is 440 g/mol. The van der Waals surface area contributed by atoms with Crippen molar-refractivity contribution in [3.63, 3.8) is 0 Å². The van der Waals surface area contributed by atoms with Crippen LogP contribution in [-0.2, 0) is 9.59 Å². The monoisotopic (exact) mass is 462 g/mol. The summed E-state index contributed by atoms with van der Waals surface area (Å²) in [5, 5.41) is 3.69. The highest BCUT2D eigenvalue weighted by atomic mass is 35.5. The third-order valence-electron chi connectivity index (χ3n) is 5.51. The number of hydrogen-bond acceptors (Lipinski definition) is 5. The minimum absolute atomic E-state index is 0.173. The summed E-state index contributed by atoms with van der Waals surface area (Å²) in [5.41, 5.74) is 3.99. The maximum absolute atomic E-state index is 13.7. The van der Waals surface area contributed by atoms with Gasteiger partial charge in [0.2, 0.25) is 0 Å². The van der Waals surface area contributed by atoms with Gasteiger partial charge in [0.1, 0.15) is 17.2 Å². The zero-order chi connectivity index (χ0) is 23.7. The molecule has 3 aromatic rings. The number of ether oxygens (including phenoxy) is 2.